The lowest BCUT2D eigenvalue weighted by molar-refractivity contribution is -0.107. The fraction of sp³-hybridized carbons (Fsp3) is 0.385. The maximum atomic E-state index is 11.4. The predicted molar refractivity (Wildman–Crippen MR) is 68.2 cm³/mol. The minimum Gasteiger partial charge on any atom is -0.337 e. The molecule has 0 bridgehead atoms. The highest BCUT2D eigenvalue weighted by atomic mass is 16.2. The van der Waals surface area contributed by atoms with Crippen LogP contribution in [-0.4, -0.2) is 18.9 Å². The summed E-state index contributed by atoms with van der Waals surface area (Å²) in [5.74, 6) is 0.477. The van der Waals surface area contributed by atoms with Crippen molar-refractivity contribution in [3.8, 4) is 0 Å². The Morgan fingerprint density at radius 1 is 1.29 bits per heavy atom. The van der Waals surface area contributed by atoms with E-state index in [2.05, 4.69) is 24.5 Å². The minimum atomic E-state index is -0.288. The lowest BCUT2D eigenvalue weighted by Crippen LogP contribution is -2.29. The molecule has 0 heterocycles. The molecule has 0 saturated carbocycles. The van der Waals surface area contributed by atoms with Crippen LogP contribution in [0.1, 0.15) is 31.7 Å². The quantitative estimate of drug-likeness (QED) is 0.607. The lowest BCUT2D eigenvalue weighted by atomic mass is 10.0. The first-order valence-electron chi connectivity index (χ1n) is 5.72. The van der Waals surface area contributed by atoms with E-state index < -0.39 is 0 Å². The molecule has 4 nitrogen and oxygen atoms in total. The monoisotopic (exact) mass is 234 g/mol. The largest absolute Gasteiger partial charge is 0.337 e. The summed E-state index contributed by atoms with van der Waals surface area (Å²) in [4.78, 5) is 21.4. The van der Waals surface area contributed by atoms with Crippen LogP contribution in [0.2, 0.25) is 0 Å². The van der Waals surface area contributed by atoms with Crippen molar-refractivity contribution >= 4 is 18.0 Å². The molecule has 2 amide bonds. The first-order chi connectivity index (χ1) is 8.13. The van der Waals surface area contributed by atoms with Crippen molar-refractivity contribution in [2.24, 2.45) is 0 Å². The number of benzene rings is 1. The van der Waals surface area contributed by atoms with Gasteiger partial charge in [-0.3, -0.25) is 0 Å². The van der Waals surface area contributed by atoms with Gasteiger partial charge in [-0.25, -0.2) is 4.79 Å². The molecule has 0 aromatic heterocycles. The molecule has 0 aliphatic rings. The molecule has 2 N–H and O–H groups in total. The summed E-state index contributed by atoms with van der Waals surface area (Å²) in [6, 6.07) is 7.44. The van der Waals surface area contributed by atoms with Crippen molar-refractivity contribution in [3.63, 3.8) is 0 Å². The van der Waals surface area contributed by atoms with Crippen molar-refractivity contribution in [3.05, 3.63) is 29.8 Å². The Kier molecular flexibility index (Phi) is 5.20. The number of aldehydes is 1. The molecule has 1 rings (SSSR count). The van der Waals surface area contributed by atoms with E-state index in [1.165, 1.54) is 5.56 Å². The molecular weight excluding hydrogens is 216 g/mol. The zero-order valence-corrected chi connectivity index (χ0v) is 10.2. The highest BCUT2D eigenvalue weighted by Crippen LogP contribution is 2.16. The average Bonchev–Trinajstić information content (AvgIpc) is 2.30. The SMILES string of the molecule is CC(C)c1ccc(NC(=O)NCCC=O)cc1. The standard InChI is InChI=1S/C13H18N2O2/c1-10(2)11-4-6-12(7-5-11)15-13(17)14-8-3-9-16/h4-7,9-10H,3,8H2,1-2H3,(H2,14,15,17). The fourth-order valence-corrected chi connectivity index (χ4v) is 1.37. The van der Waals surface area contributed by atoms with Crippen LogP contribution in [0.5, 0.6) is 0 Å². The molecule has 0 spiro atoms. The van der Waals surface area contributed by atoms with Gasteiger partial charge in [-0.15, -0.1) is 0 Å². The summed E-state index contributed by atoms with van der Waals surface area (Å²) in [7, 11) is 0. The van der Waals surface area contributed by atoms with E-state index >= 15 is 0 Å². The maximum Gasteiger partial charge on any atom is 0.319 e. The van der Waals surface area contributed by atoms with Crippen LogP contribution >= 0.6 is 0 Å². The molecule has 4 heteroatoms. The Morgan fingerprint density at radius 2 is 1.94 bits per heavy atom. The van der Waals surface area contributed by atoms with Gasteiger partial charge < -0.3 is 15.4 Å². The highest BCUT2D eigenvalue weighted by Gasteiger charge is 2.02. The summed E-state index contributed by atoms with van der Waals surface area (Å²) < 4.78 is 0. The number of rotatable bonds is 5. The number of anilines is 1. The normalized spacial score (nSPS) is 10.1. The average molecular weight is 234 g/mol. The van der Waals surface area contributed by atoms with Gasteiger partial charge in [0.25, 0.3) is 0 Å². The number of nitrogens with one attached hydrogen (secondary N) is 2. The maximum absolute atomic E-state index is 11.4. The molecule has 92 valence electrons. The number of hydrogen-bond donors (Lipinski definition) is 2. The van der Waals surface area contributed by atoms with E-state index in [0.717, 1.165) is 12.0 Å². The molecule has 0 aliphatic heterocycles. The summed E-state index contributed by atoms with van der Waals surface area (Å²) >= 11 is 0. The fourth-order valence-electron chi connectivity index (χ4n) is 1.37. The molecule has 0 unspecified atom stereocenters. The lowest BCUT2D eigenvalue weighted by Gasteiger charge is -2.08. The zero-order chi connectivity index (χ0) is 12.7. The summed E-state index contributed by atoms with van der Waals surface area (Å²) in [5, 5.41) is 5.29. The van der Waals surface area contributed by atoms with Crippen molar-refractivity contribution < 1.29 is 9.59 Å². The second kappa shape index (κ2) is 6.68. The van der Waals surface area contributed by atoms with E-state index in [9.17, 15) is 9.59 Å². The van der Waals surface area contributed by atoms with Crippen LogP contribution in [0, 0.1) is 0 Å². The van der Waals surface area contributed by atoms with Crippen LogP contribution in [0.3, 0.4) is 0 Å². The van der Waals surface area contributed by atoms with E-state index in [1.807, 2.05) is 24.3 Å². The van der Waals surface area contributed by atoms with Crippen molar-refractivity contribution in [1.29, 1.82) is 0 Å². The number of carbonyl (C=O) groups excluding carboxylic acids is 2. The van der Waals surface area contributed by atoms with Gasteiger partial charge in [0.05, 0.1) is 0 Å². The van der Waals surface area contributed by atoms with Gasteiger partial charge >= 0.3 is 6.03 Å². The second-order valence-electron chi connectivity index (χ2n) is 4.11. The third-order valence-electron chi connectivity index (χ3n) is 2.38. The summed E-state index contributed by atoms with van der Waals surface area (Å²) in [6.45, 7) is 4.60. The molecule has 1 aromatic carbocycles. The number of hydrogen-bond acceptors (Lipinski definition) is 2. The van der Waals surface area contributed by atoms with Crippen LogP contribution in [0.15, 0.2) is 24.3 Å². The van der Waals surface area contributed by atoms with Crippen molar-refractivity contribution in [1.82, 2.24) is 5.32 Å². The van der Waals surface area contributed by atoms with Gasteiger partial charge in [-0.1, -0.05) is 26.0 Å². The summed E-state index contributed by atoms with van der Waals surface area (Å²) in [6.07, 6.45) is 1.11. The van der Waals surface area contributed by atoms with Gasteiger partial charge in [0.2, 0.25) is 0 Å². The van der Waals surface area contributed by atoms with E-state index in [0.29, 0.717) is 18.9 Å². The Labute approximate surface area is 101 Å². The Balaban J connectivity index is 2.45. The van der Waals surface area contributed by atoms with E-state index in [1.54, 1.807) is 0 Å². The first-order valence-corrected chi connectivity index (χ1v) is 5.72. The van der Waals surface area contributed by atoms with Crippen molar-refractivity contribution in [2.75, 3.05) is 11.9 Å². The van der Waals surface area contributed by atoms with Gasteiger partial charge in [0.1, 0.15) is 6.29 Å². The molecule has 0 atom stereocenters. The number of carbonyl (C=O) groups is 2. The van der Waals surface area contributed by atoms with Crippen LogP contribution in [-0.2, 0) is 4.79 Å². The smallest absolute Gasteiger partial charge is 0.319 e. The molecule has 1 aromatic rings. The molecule has 0 fully saturated rings. The Morgan fingerprint density at radius 3 is 2.47 bits per heavy atom. The molecule has 0 radical (unpaired) electrons. The van der Waals surface area contributed by atoms with Gasteiger partial charge in [-0.2, -0.15) is 0 Å². The topological polar surface area (TPSA) is 58.2 Å². The molecular formula is C13H18N2O2. The highest BCUT2D eigenvalue weighted by molar-refractivity contribution is 5.89. The predicted octanol–water partition coefficient (Wildman–Crippen LogP) is 2.52. The third-order valence-corrected chi connectivity index (χ3v) is 2.38. The number of urea groups is 1. The second-order valence-corrected chi connectivity index (χ2v) is 4.11. The molecule has 0 saturated heterocycles. The van der Waals surface area contributed by atoms with E-state index in [4.69, 9.17) is 0 Å². The molecule has 17 heavy (non-hydrogen) atoms. The Hall–Kier alpha value is -1.84. The van der Waals surface area contributed by atoms with E-state index in [-0.39, 0.29) is 6.03 Å². The zero-order valence-electron chi connectivity index (χ0n) is 10.2. The molecule has 0 aliphatic carbocycles. The first kappa shape index (κ1) is 13.2. The summed E-state index contributed by atoms with van der Waals surface area (Å²) in [5.41, 5.74) is 1.98. The van der Waals surface area contributed by atoms with Crippen LogP contribution < -0.4 is 10.6 Å². The van der Waals surface area contributed by atoms with Crippen LogP contribution in [0.4, 0.5) is 10.5 Å². The third kappa shape index (κ3) is 4.68. The minimum absolute atomic E-state index is 0.288. The van der Waals surface area contributed by atoms with Gasteiger partial charge in [-0.05, 0) is 23.6 Å². The Bertz CT molecular complexity index is 372. The van der Waals surface area contributed by atoms with Gasteiger partial charge in [0, 0.05) is 18.7 Å². The number of amides is 2. The van der Waals surface area contributed by atoms with Crippen molar-refractivity contribution in [2.45, 2.75) is 26.2 Å². The van der Waals surface area contributed by atoms with Crippen LogP contribution in [0.25, 0.3) is 0 Å². The van der Waals surface area contributed by atoms with Gasteiger partial charge in [0.15, 0.2) is 0 Å².